The van der Waals surface area contributed by atoms with Crippen LogP contribution < -0.4 is 5.32 Å². The van der Waals surface area contributed by atoms with E-state index in [-0.39, 0.29) is 0 Å². The van der Waals surface area contributed by atoms with E-state index in [0.717, 1.165) is 30.8 Å². The van der Waals surface area contributed by atoms with Gasteiger partial charge in [-0.2, -0.15) is 0 Å². The first-order valence-electron chi connectivity index (χ1n) is 7.06. The van der Waals surface area contributed by atoms with Gasteiger partial charge in [0, 0.05) is 12.6 Å². The smallest absolute Gasteiger partial charge is 0.0431 e. The third-order valence-corrected chi connectivity index (χ3v) is 3.70. The number of unbranched alkanes of at least 4 members (excludes halogenated alkanes) is 3. The Hall–Kier alpha value is -0.0800. The zero-order valence-electron chi connectivity index (χ0n) is 11.0. The topological polar surface area (TPSA) is 32.3 Å². The number of rotatable bonds is 7. The summed E-state index contributed by atoms with van der Waals surface area (Å²) >= 11 is 0. The highest BCUT2D eigenvalue weighted by Crippen LogP contribution is 2.28. The van der Waals surface area contributed by atoms with Crippen LogP contribution in [0.1, 0.15) is 58.8 Å². The van der Waals surface area contributed by atoms with E-state index >= 15 is 0 Å². The molecule has 0 spiro atoms. The van der Waals surface area contributed by atoms with Crippen molar-refractivity contribution in [2.24, 2.45) is 11.8 Å². The third-order valence-electron chi connectivity index (χ3n) is 3.70. The fourth-order valence-corrected chi connectivity index (χ4v) is 3.01. The predicted molar refractivity (Wildman–Crippen MR) is 69.5 cm³/mol. The molecule has 2 nitrogen and oxygen atoms in total. The average molecular weight is 227 g/mol. The van der Waals surface area contributed by atoms with Crippen molar-refractivity contribution in [3.05, 3.63) is 0 Å². The van der Waals surface area contributed by atoms with Gasteiger partial charge in [-0.3, -0.25) is 0 Å². The van der Waals surface area contributed by atoms with Gasteiger partial charge >= 0.3 is 0 Å². The van der Waals surface area contributed by atoms with Crippen LogP contribution >= 0.6 is 0 Å². The molecule has 96 valence electrons. The number of aliphatic hydroxyl groups excluding tert-OH is 1. The van der Waals surface area contributed by atoms with Gasteiger partial charge in [-0.1, -0.05) is 26.7 Å². The number of nitrogens with one attached hydrogen (secondary N) is 1. The molecule has 1 rings (SSSR count). The predicted octanol–water partition coefficient (Wildman–Crippen LogP) is 2.95. The molecular weight excluding hydrogens is 198 g/mol. The molecule has 0 amide bonds. The van der Waals surface area contributed by atoms with E-state index in [1.165, 1.54) is 38.5 Å². The van der Waals surface area contributed by atoms with Gasteiger partial charge in [-0.05, 0) is 50.5 Å². The summed E-state index contributed by atoms with van der Waals surface area (Å²) in [4.78, 5) is 0. The highest BCUT2D eigenvalue weighted by Gasteiger charge is 2.22. The summed E-state index contributed by atoms with van der Waals surface area (Å²) in [7, 11) is 0. The molecule has 0 bridgehead atoms. The molecule has 0 aromatic rings. The van der Waals surface area contributed by atoms with Crippen molar-refractivity contribution in [2.75, 3.05) is 13.2 Å². The molecule has 0 saturated heterocycles. The minimum absolute atomic E-state index is 0.352. The van der Waals surface area contributed by atoms with Crippen molar-refractivity contribution < 1.29 is 5.11 Å². The van der Waals surface area contributed by atoms with Crippen LogP contribution in [-0.2, 0) is 0 Å². The molecule has 1 saturated carbocycles. The summed E-state index contributed by atoms with van der Waals surface area (Å²) in [6, 6.07) is 0.761. The minimum Gasteiger partial charge on any atom is -0.396 e. The van der Waals surface area contributed by atoms with Crippen molar-refractivity contribution in [3.8, 4) is 0 Å². The molecule has 1 fully saturated rings. The fourth-order valence-electron chi connectivity index (χ4n) is 3.01. The Labute approximate surface area is 101 Å². The normalized spacial score (nSPS) is 30.6. The summed E-state index contributed by atoms with van der Waals surface area (Å²) in [6.07, 6.45) is 8.80. The Bertz CT molecular complexity index is 162. The van der Waals surface area contributed by atoms with Gasteiger partial charge < -0.3 is 10.4 Å². The summed E-state index contributed by atoms with van der Waals surface area (Å²) < 4.78 is 0. The van der Waals surface area contributed by atoms with E-state index in [2.05, 4.69) is 19.2 Å². The minimum atomic E-state index is 0.352. The highest BCUT2D eigenvalue weighted by atomic mass is 16.2. The molecule has 0 aromatic carbocycles. The molecule has 2 N–H and O–H groups in total. The molecule has 2 heteroatoms. The molecule has 0 aliphatic heterocycles. The molecule has 0 heterocycles. The van der Waals surface area contributed by atoms with Crippen LogP contribution in [0, 0.1) is 11.8 Å². The Morgan fingerprint density at radius 2 is 1.56 bits per heavy atom. The molecule has 0 aromatic heterocycles. The first kappa shape index (κ1) is 14.0. The quantitative estimate of drug-likeness (QED) is 0.655. The van der Waals surface area contributed by atoms with E-state index in [9.17, 15) is 0 Å². The van der Waals surface area contributed by atoms with E-state index in [1.54, 1.807) is 0 Å². The summed E-state index contributed by atoms with van der Waals surface area (Å²) in [6.45, 7) is 6.28. The number of hydrogen-bond donors (Lipinski definition) is 2. The molecule has 1 aliphatic carbocycles. The van der Waals surface area contributed by atoms with Crippen molar-refractivity contribution in [3.63, 3.8) is 0 Å². The second-order valence-corrected chi connectivity index (χ2v) is 5.71. The van der Waals surface area contributed by atoms with Gasteiger partial charge in [0.2, 0.25) is 0 Å². The Morgan fingerprint density at radius 3 is 2.19 bits per heavy atom. The van der Waals surface area contributed by atoms with Gasteiger partial charge in [-0.15, -0.1) is 0 Å². The lowest BCUT2D eigenvalue weighted by Gasteiger charge is -2.32. The highest BCUT2D eigenvalue weighted by molar-refractivity contribution is 4.79. The molecule has 16 heavy (non-hydrogen) atoms. The van der Waals surface area contributed by atoms with E-state index < -0.39 is 0 Å². The van der Waals surface area contributed by atoms with Gasteiger partial charge in [0.15, 0.2) is 0 Å². The van der Waals surface area contributed by atoms with Crippen molar-refractivity contribution >= 4 is 0 Å². The third kappa shape index (κ3) is 5.86. The molecule has 2 unspecified atom stereocenters. The SMILES string of the molecule is CC1CC(C)CC(NCCCCCCO)C1. The van der Waals surface area contributed by atoms with E-state index in [0.29, 0.717) is 6.61 Å². The molecule has 1 aliphatic rings. The van der Waals surface area contributed by atoms with Crippen molar-refractivity contribution in [1.82, 2.24) is 5.32 Å². The maximum atomic E-state index is 8.67. The number of hydrogen-bond acceptors (Lipinski definition) is 2. The monoisotopic (exact) mass is 227 g/mol. The van der Waals surface area contributed by atoms with Crippen LogP contribution in [0.5, 0.6) is 0 Å². The zero-order valence-corrected chi connectivity index (χ0v) is 11.0. The zero-order chi connectivity index (χ0) is 11.8. The van der Waals surface area contributed by atoms with Crippen LogP contribution in [0.25, 0.3) is 0 Å². The van der Waals surface area contributed by atoms with Gasteiger partial charge in [0.1, 0.15) is 0 Å². The lowest BCUT2D eigenvalue weighted by atomic mass is 9.80. The second-order valence-electron chi connectivity index (χ2n) is 5.71. The standard InChI is InChI=1S/C14H29NO/c1-12-9-13(2)11-14(10-12)15-7-5-3-4-6-8-16/h12-16H,3-11H2,1-2H3. The Balaban J connectivity index is 1.99. The largest absolute Gasteiger partial charge is 0.396 e. The number of aliphatic hydroxyl groups is 1. The van der Waals surface area contributed by atoms with Crippen molar-refractivity contribution in [2.45, 2.75) is 64.8 Å². The molecule has 2 atom stereocenters. The van der Waals surface area contributed by atoms with E-state index in [1.807, 2.05) is 0 Å². The summed E-state index contributed by atoms with van der Waals surface area (Å²) in [5, 5.41) is 12.4. The average Bonchev–Trinajstić information content (AvgIpc) is 2.22. The first-order valence-corrected chi connectivity index (χ1v) is 7.06. The van der Waals surface area contributed by atoms with Gasteiger partial charge in [-0.25, -0.2) is 0 Å². The lowest BCUT2D eigenvalue weighted by Crippen LogP contribution is -2.36. The maximum absolute atomic E-state index is 8.67. The molecular formula is C14H29NO. The maximum Gasteiger partial charge on any atom is 0.0431 e. The van der Waals surface area contributed by atoms with E-state index in [4.69, 9.17) is 5.11 Å². The van der Waals surface area contributed by atoms with Crippen LogP contribution in [0.2, 0.25) is 0 Å². The van der Waals surface area contributed by atoms with Crippen LogP contribution in [0.4, 0.5) is 0 Å². The van der Waals surface area contributed by atoms with Crippen LogP contribution in [-0.4, -0.2) is 24.3 Å². The lowest BCUT2D eigenvalue weighted by molar-refractivity contribution is 0.238. The molecule has 0 radical (unpaired) electrons. The Morgan fingerprint density at radius 1 is 0.938 bits per heavy atom. The fraction of sp³-hybridized carbons (Fsp3) is 1.00. The van der Waals surface area contributed by atoms with Crippen molar-refractivity contribution in [1.29, 1.82) is 0 Å². The summed E-state index contributed by atoms with van der Waals surface area (Å²) in [5.41, 5.74) is 0. The van der Waals surface area contributed by atoms with Crippen LogP contribution in [0.3, 0.4) is 0 Å². The van der Waals surface area contributed by atoms with Crippen LogP contribution in [0.15, 0.2) is 0 Å². The van der Waals surface area contributed by atoms with Gasteiger partial charge in [0.25, 0.3) is 0 Å². The first-order chi connectivity index (χ1) is 7.72. The summed E-state index contributed by atoms with van der Waals surface area (Å²) in [5.74, 6) is 1.80. The Kier molecular flexibility index (Phi) is 7.06. The van der Waals surface area contributed by atoms with Gasteiger partial charge in [0.05, 0.1) is 0 Å². The second kappa shape index (κ2) is 8.08.